The van der Waals surface area contributed by atoms with Crippen LogP contribution in [0.5, 0.6) is 5.88 Å². The first kappa shape index (κ1) is 11.2. The Kier molecular flexibility index (Phi) is 2.64. The Morgan fingerprint density at radius 2 is 2.05 bits per heavy atom. The quantitative estimate of drug-likeness (QED) is 0.848. The van der Waals surface area contributed by atoms with Crippen LogP contribution in [-0.2, 0) is 0 Å². The van der Waals surface area contributed by atoms with Crippen molar-refractivity contribution < 1.29 is 4.74 Å². The minimum absolute atomic E-state index is 0.705. The van der Waals surface area contributed by atoms with Crippen LogP contribution in [0.25, 0.3) is 5.65 Å². The van der Waals surface area contributed by atoms with Crippen LogP contribution in [-0.4, -0.2) is 26.4 Å². The van der Waals surface area contributed by atoms with Gasteiger partial charge in [0.1, 0.15) is 6.20 Å². The van der Waals surface area contributed by atoms with Gasteiger partial charge in [-0.25, -0.2) is 0 Å². The largest absolute Gasteiger partial charge is 0.476 e. The van der Waals surface area contributed by atoms with Crippen LogP contribution in [0.3, 0.4) is 0 Å². The molecule has 2 aromatic rings. The zero-order chi connectivity index (χ0) is 12.7. The predicted molar refractivity (Wildman–Crippen MR) is 69.8 cm³/mol. The van der Waals surface area contributed by atoms with E-state index in [1.165, 1.54) is 32.1 Å². The molecule has 0 radical (unpaired) electrons. The highest BCUT2D eigenvalue weighted by Crippen LogP contribution is 2.54. The Balaban J connectivity index is 1.44. The fourth-order valence-corrected chi connectivity index (χ4v) is 3.58. The number of hydrogen-bond donors (Lipinski definition) is 0. The molecule has 2 aliphatic carbocycles. The molecule has 0 spiro atoms. The summed E-state index contributed by atoms with van der Waals surface area (Å²) in [6.45, 7) is 0.802. The molecule has 0 bridgehead atoms. The van der Waals surface area contributed by atoms with Crippen molar-refractivity contribution in [2.24, 2.45) is 17.8 Å². The topological polar surface area (TPSA) is 52.3 Å². The van der Waals surface area contributed by atoms with Crippen LogP contribution in [0.4, 0.5) is 0 Å². The molecule has 2 saturated carbocycles. The van der Waals surface area contributed by atoms with Crippen molar-refractivity contribution in [3.63, 3.8) is 0 Å². The number of ether oxygens (including phenoxy) is 1. The third kappa shape index (κ3) is 1.97. The SMILES string of the molecule is c1cc2nncc(OCC3C4CCCCCC43)n2n1. The Hall–Kier alpha value is -1.65. The zero-order valence-corrected chi connectivity index (χ0v) is 10.9. The molecule has 5 heteroatoms. The van der Waals surface area contributed by atoms with Crippen molar-refractivity contribution in [2.45, 2.75) is 32.1 Å². The van der Waals surface area contributed by atoms with Gasteiger partial charge < -0.3 is 4.74 Å². The van der Waals surface area contributed by atoms with Crippen LogP contribution in [0, 0.1) is 17.8 Å². The Bertz CT molecular complexity index is 570. The van der Waals surface area contributed by atoms with Crippen molar-refractivity contribution in [1.29, 1.82) is 0 Å². The van der Waals surface area contributed by atoms with Gasteiger partial charge in [-0.15, -0.1) is 5.10 Å². The predicted octanol–water partition coefficient (Wildman–Crippen LogP) is 2.33. The summed E-state index contributed by atoms with van der Waals surface area (Å²) in [7, 11) is 0. The van der Waals surface area contributed by atoms with Crippen LogP contribution >= 0.6 is 0 Å². The highest BCUT2D eigenvalue weighted by atomic mass is 16.5. The summed E-state index contributed by atoms with van der Waals surface area (Å²) in [6, 6.07) is 1.83. The molecule has 0 N–H and O–H groups in total. The van der Waals surface area contributed by atoms with E-state index in [0.717, 1.165) is 30.0 Å². The number of fused-ring (bicyclic) bond motifs is 2. The lowest BCUT2D eigenvalue weighted by Crippen LogP contribution is -2.07. The molecule has 2 fully saturated rings. The fourth-order valence-electron chi connectivity index (χ4n) is 3.58. The van der Waals surface area contributed by atoms with E-state index in [2.05, 4.69) is 15.3 Å². The summed E-state index contributed by atoms with van der Waals surface area (Å²) in [4.78, 5) is 0. The van der Waals surface area contributed by atoms with Crippen LogP contribution < -0.4 is 4.74 Å². The molecule has 2 aromatic heterocycles. The van der Waals surface area contributed by atoms with Crippen molar-refractivity contribution in [3.05, 3.63) is 18.5 Å². The molecule has 2 atom stereocenters. The summed E-state index contributed by atoms with van der Waals surface area (Å²) in [5.41, 5.74) is 0.738. The molecule has 5 nitrogen and oxygen atoms in total. The van der Waals surface area contributed by atoms with Gasteiger partial charge in [0, 0.05) is 6.07 Å². The maximum absolute atomic E-state index is 5.93. The maximum atomic E-state index is 5.93. The molecular weight excluding hydrogens is 240 g/mol. The van der Waals surface area contributed by atoms with Crippen molar-refractivity contribution in [3.8, 4) is 5.88 Å². The molecule has 0 saturated heterocycles. The molecule has 0 aromatic carbocycles. The van der Waals surface area contributed by atoms with Crippen molar-refractivity contribution in [1.82, 2.24) is 19.8 Å². The number of aromatic nitrogens is 4. The summed E-state index contributed by atoms with van der Waals surface area (Å²) < 4.78 is 7.65. The summed E-state index contributed by atoms with van der Waals surface area (Å²) in [6.07, 6.45) is 10.4. The Morgan fingerprint density at radius 1 is 1.21 bits per heavy atom. The van der Waals surface area contributed by atoms with Crippen LogP contribution in [0.1, 0.15) is 32.1 Å². The fraction of sp³-hybridized carbons (Fsp3) is 0.643. The van der Waals surface area contributed by atoms with E-state index in [1.807, 2.05) is 6.07 Å². The van der Waals surface area contributed by atoms with E-state index in [0.29, 0.717) is 5.88 Å². The average molecular weight is 258 g/mol. The van der Waals surface area contributed by atoms with Gasteiger partial charge >= 0.3 is 0 Å². The standard InChI is InChI=1S/C14H18N4O/c1-2-4-10-11(5-3-1)12(10)9-19-14-8-15-17-13-6-7-16-18(13)14/h6-8,10-12H,1-5,9H2. The molecule has 2 aliphatic rings. The van der Waals surface area contributed by atoms with Gasteiger partial charge in [-0.1, -0.05) is 19.3 Å². The third-order valence-electron chi connectivity index (χ3n) is 4.67. The molecule has 100 valence electrons. The van der Waals surface area contributed by atoms with E-state index in [4.69, 9.17) is 4.74 Å². The molecule has 0 amide bonds. The summed E-state index contributed by atoms with van der Waals surface area (Å²) >= 11 is 0. The molecule has 0 aliphatic heterocycles. The molecule has 19 heavy (non-hydrogen) atoms. The van der Waals surface area contributed by atoms with Gasteiger partial charge in [0.25, 0.3) is 0 Å². The van der Waals surface area contributed by atoms with E-state index >= 15 is 0 Å². The molecule has 2 unspecified atom stereocenters. The third-order valence-corrected chi connectivity index (χ3v) is 4.67. The highest BCUT2D eigenvalue weighted by Gasteiger charge is 2.49. The lowest BCUT2D eigenvalue weighted by atomic mass is 10.1. The second kappa shape index (κ2) is 4.47. The zero-order valence-electron chi connectivity index (χ0n) is 10.9. The summed E-state index contributed by atoms with van der Waals surface area (Å²) in [5, 5.41) is 12.2. The highest BCUT2D eigenvalue weighted by molar-refractivity contribution is 5.36. The second-order valence-electron chi connectivity index (χ2n) is 5.72. The van der Waals surface area contributed by atoms with Gasteiger partial charge in [0.05, 0.1) is 12.8 Å². The van der Waals surface area contributed by atoms with Gasteiger partial charge in [-0.2, -0.15) is 14.7 Å². The molecule has 2 heterocycles. The van der Waals surface area contributed by atoms with Crippen molar-refractivity contribution in [2.75, 3.05) is 6.61 Å². The lowest BCUT2D eigenvalue weighted by Gasteiger charge is -2.07. The maximum Gasteiger partial charge on any atom is 0.237 e. The first-order chi connectivity index (χ1) is 9.43. The van der Waals surface area contributed by atoms with Gasteiger partial charge in [-0.05, 0) is 30.6 Å². The molecular formula is C14H18N4O. The lowest BCUT2D eigenvalue weighted by molar-refractivity contribution is 0.263. The molecule has 4 rings (SSSR count). The first-order valence-corrected chi connectivity index (χ1v) is 7.22. The van der Waals surface area contributed by atoms with E-state index in [1.54, 1.807) is 16.9 Å². The van der Waals surface area contributed by atoms with Gasteiger partial charge in [0.15, 0.2) is 5.65 Å². The van der Waals surface area contributed by atoms with Crippen LogP contribution in [0.15, 0.2) is 18.5 Å². The Labute approximate surface area is 112 Å². The van der Waals surface area contributed by atoms with Gasteiger partial charge in [0.2, 0.25) is 5.88 Å². The Morgan fingerprint density at radius 3 is 2.89 bits per heavy atom. The smallest absolute Gasteiger partial charge is 0.237 e. The minimum atomic E-state index is 0.705. The number of rotatable bonds is 3. The number of hydrogen-bond acceptors (Lipinski definition) is 4. The monoisotopic (exact) mass is 258 g/mol. The number of nitrogens with zero attached hydrogens (tertiary/aromatic N) is 4. The first-order valence-electron chi connectivity index (χ1n) is 7.22. The van der Waals surface area contributed by atoms with E-state index < -0.39 is 0 Å². The second-order valence-corrected chi connectivity index (χ2v) is 5.72. The average Bonchev–Trinajstić information content (AvgIpc) is 2.94. The van der Waals surface area contributed by atoms with E-state index in [9.17, 15) is 0 Å². The minimum Gasteiger partial charge on any atom is -0.476 e. The normalized spacial score (nSPS) is 29.8. The van der Waals surface area contributed by atoms with E-state index in [-0.39, 0.29) is 0 Å². The van der Waals surface area contributed by atoms with Gasteiger partial charge in [-0.3, -0.25) is 0 Å². The van der Waals surface area contributed by atoms with Crippen molar-refractivity contribution >= 4 is 5.65 Å². The summed E-state index contributed by atoms with van der Waals surface area (Å²) in [5.74, 6) is 3.27. The van der Waals surface area contributed by atoms with Crippen LogP contribution in [0.2, 0.25) is 0 Å².